The largest absolute Gasteiger partial charge is 0.339 e. The van der Waals surface area contributed by atoms with E-state index in [1.165, 1.54) is 12.1 Å². The van der Waals surface area contributed by atoms with Crippen molar-refractivity contribution in [1.29, 1.82) is 0 Å². The molecule has 0 aromatic heterocycles. The predicted molar refractivity (Wildman–Crippen MR) is 50.4 cm³/mol. The summed E-state index contributed by atoms with van der Waals surface area (Å²) in [6.45, 7) is 1.58. The number of rotatable bonds is 1. The van der Waals surface area contributed by atoms with E-state index < -0.39 is 5.82 Å². The summed E-state index contributed by atoms with van der Waals surface area (Å²) in [5.74, 6) is -0.551. The normalized spacial score (nSPS) is 15.9. The van der Waals surface area contributed by atoms with E-state index in [1.54, 1.807) is 11.0 Å². The Balaban J connectivity index is 2.17. The fourth-order valence-corrected chi connectivity index (χ4v) is 1.67. The van der Waals surface area contributed by atoms with Gasteiger partial charge >= 0.3 is 0 Å². The fourth-order valence-electron chi connectivity index (χ4n) is 1.67. The second-order valence-electron chi connectivity index (χ2n) is 3.42. The quantitative estimate of drug-likeness (QED) is 0.665. The molecule has 0 atom stereocenters. The summed E-state index contributed by atoms with van der Waals surface area (Å²) in [4.78, 5) is 13.5. The number of nitrogens with zero attached hydrogens (tertiary/aromatic N) is 1. The van der Waals surface area contributed by atoms with Gasteiger partial charge < -0.3 is 4.90 Å². The highest BCUT2D eigenvalue weighted by molar-refractivity contribution is 5.94. The highest BCUT2D eigenvalue weighted by Crippen LogP contribution is 2.13. The third-order valence-corrected chi connectivity index (χ3v) is 2.41. The fraction of sp³-hybridized carbons (Fsp3) is 0.364. The highest BCUT2D eigenvalue weighted by atomic mass is 19.1. The molecule has 1 fully saturated rings. The standard InChI is InChI=1S/C11H11FNO/c12-10-5-3-4-9(8-10)11(14)13-6-1-2-7-13/h3-4,8H,1-2,6-7H2. The highest BCUT2D eigenvalue weighted by Gasteiger charge is 2.19. The first-order chi connectivity index (χ1) is 6.77. The van der Waals surface area contributed by atoms with Crippen LogP contribution in [0.4, 0.5) is 4.39 Å². The van der Waals surface area contributed by atoms with Crippen LogP contribution in [0.3, 0.4) is 0 Å². The minimum atomic E-state index is -0.477. The first kappa shape index (κ1) is 9.19. The van der Waals surface area contributed by atoms with Crippen LogP contribution in [-0.2, 0) is 0 Å². The van der Waals surface area contributed by atoms with Gasteiger partial charge in [-0.15, -0.1) is 0 Å². The summed E-state index contributed by atoms with van der Waals surface area (Å²) in [6, 6.07) is 6.66. The lowest BCUT2D eigenvalue weighted by molar-refractivity contribution is 0.0792. The number of hydrogen-bond acceptors (Lipinski definition) is 1. The van der Waals surface area contributed by atoms with Crippen molar-refractivity contribution in [2.75, 3.05) is 13.1 Å². The van der Waals surface area contributed by atoms with Crippen LogP contribution in [-0.4, -0.2) is 23.9 Å². The number of benzene rings is 1. The van der Waals surface area contributed by atoms with Crippen LogP contribution in [0.15, 0.2) is 18.2 Å². The van der Waals surface area contributed by atoms with Crippen molar-refractivity contribution in [3.8, 4) is 0 Å². The van der Waals surface area contributed by atoms with Crippen LogP contribution in [0.5, 0.6) is 0 Å². The second-order valence-corrected chi connectivity index (χ2v) is 3.42. The number of likely N-dealkylation sites (tertiary alicyclic amines) is 1. The Kier molecular flexibility index (Phi) is 2.48. The van der Waals surface area contributed by atoms with Gasteiger partial charge in [0.2, 0.25) is 0 Å². The summed E-state index contributed by atoms with van der Waals surface area (Å²) in [6.07, 6.45) is 2.10. The molecule has 3 heteroatoms. The van der Waals surface area contributed by atoms with Crippen molar-refractivity contribution in [2.45, 2.75) is 12.8 Å². The molecular weight excluding hydrogens is 181 g/mol. The molecule has 0 bridgehead atoms. The summed E-state index contributed by atoms with van der Waals surface area (Å²) in [5.41, 5.74) is 0.420. The third-order valence-electron chi connectivity index (χ3n) is 2.41. The van der Waals surface area contributed by atoms with Crippen molar-refractivity contribution in [3.63, 3.8) is 0 Å². The lowest BCUT2D eigenvalue weighted by Crippen LogP contribution is -2.27. The maximum Gasteiger partial charge on any atom is 0.253 e. The minimum Gasteiger partial charge on any atom is -0.339 e. The molecule has 0 aliphatic carbocycles. The molecular formula is C11H11FNO. The number of amides is 1. The lowest BCUT2D eigenvalue weighted by atomic mass is 10.2. The molecule has 1 aromatic rings. The molecule has 73 valence electrons. The van der Waals surface area contributed by atoms with Crippen LogP contribution in [0.1, 0.15) is 23.2 Å². The van der Waals surface area contributed by atoms with Gasteiger partial charge in [-0.1, -0.05) is 6.07 Å². The molecule has 1 saturated heterocycles. The first-order valence-electron chi connectivity index (χ1n) is 4.74. The van der Waals surface area contributed by atoms with Gasteiger partial charge in [0.05, 0.1) is 0 Å². The Bertz CT molecular complexity index is 345. The number of halogens is 1. The maximum absolute atomic E-state index is 12.8. The van der Waals surface area contributed by atoms with Crippen LogP contribution in [0.25, 0.3) is 0 Å². The average molecular weight is 192 g/mol. The molecule has 1 heterocycles. The molecule has 1 aliphatic rings. The van der Waals surface area contributed by atoms with Crippen molar-refractivity contribution in [3.05, 3.63) is 35.6 Å². The van der Waals surface area contributed by atoms with E-state index in [9.17, 15) is 9.18 Å². The van der Waals surface area contributed by atoms with E-state index in [0.717, 1.165) is 25.9 Å². The Morgan fingerprint density at radius 1 is 1.43 bits per heavy atom. The molecule has 0 unspecified atom stereocenters. The van der Waals surface area contributed by atoms with E-state index in [1.807, 2.05) is 0 Å². The topological polar surface area (TPSA) is 20.3 Å². The monoisotopic (exact) mass is 192 g/mol. The van der Waals surface area contributed by atoms with Crippen LogP contribution >= 0.6 is 0 Å². The SMILES string of the molecule is O=C(c1cc[c]c(F)c1)N1CCCC1. The Morgan fingerprint density at radius 3 is 2.79 bits per heavy atom. The lowest BCUT2D eigenvalue weighted by Gasteiger charge is -2.14. The molecule has 1 aromatic carbocycles. The molecule has 2 rings (SSSR count). The van der Waals surface area contributed by atoms with Crippen molar-refractivity contribution < 1.29 is 9.18 Å². The maximum atomic E-state index is 12.8. The molecule has 1 amide bonds. The first-order valence-corrected chi connectivity index (χ1v) is 4.74. The van der Waals surface area contributed by atoms with Gasteiger partial charge in [-0.25, -0.2) is 4.39 Å². The van der Waals surface area contributed by atoms with Crippen LogP contribution < -0.4 is 0 Å². The average Bonchev–Trinajstić information content (AvgIpc) is 2.69. The molecule has 0 N–H and O–H groups in total. The van der Waals surface area contributed by atoms with Gasteiger partial charge in [0.1, 0.15) is 5.82 Å². The number of hydrogen-bond donors (Lipinski definition) is 0. The molecule has 1 aliphatic heterocycles. The third kappa shape index (κ3) is 1.76. The van der Waals surface area contributed by atoms with Crippen LogP contribution in [0, 0.1) is 11.9 Å². The molecule has 0 saturated carbocycles. The van der Waals surface area contributed by atoms with E-state index >= 15 is 0 Å². The van der Waals surface area contributed by atoms with E-state index in [4.69, 9.17) is 0 Å². The summed E-state index contributed by atoms with van der Waals surface area (Å²) >= 11 is 0. The summed E-state index contributed by atoms with van der Waals surface area (Å²) in [5, 5.41) is 0. The van der Waals surface area contributed by atoms with E-state index in [2.05, 4.69) is 6.07 Å². The van der Waals surface area contributed by atoms with E-state index in [-0.39, 0.29) is 5.91 Å². The van der Waals surface area contributed by atoms with Gasteiger partial charge in [0.15, 0.2) is 0 Å². The van der Waals surface area contributed by atoms with Gasteiger partial charge in [-0.3, -0.25) is 4.79 Å². The van der Waals surface area contributed by atoms with Gasteiger partial charge in [-0.2, -0.15) is 0 Å². The zero-order valence-electron chi connectivity index (χ0n) is 7.79. The molecule has 0 spiro atoms. The van der Waals surface area contributed by atoms with Gasteiger partial charge in [0.25, 0.3) is 5.91 Å². The second kappa shape index (κ2) is 3.78. The smallest absolute Gasteiger partial charge is 0.253 e. The number of carbonyl (C=O) groups excluding carboxylic acids is 1. The number of carbonyl (C=O) groups is 1. The van der Waals surface area contributed by atoms with Crippen molar-refractivity contribution >= 4 is 5.91 Å². The summed E-state index contributed by atoms with van der Waals surface area (Å²) < 4.78 is 12.8. The zero-order valence-corrected chi connectivity index (χ0v) is 7.79. The zero-order chi connectivity index (χ0) is 9.97. The molecule has 1 radical (unpaired) electrons. The molecule has 14 heavy (non-hydrogen) atoms. The van der Waals surface area contributed by atoms with Crippen LogP contribution in [0.2, 0.25) is 0 Å². The molecule has 2 nitrogen and oxygen atoms in total. The Labute approximate surface area is 82.3 Å². The predicted octanol–water partition coefficient (Wildman–Crippen LogP) is 1.86. The van der Waals surface area contributed by atoms with E-state index in [0.29, 0.717) is 5.56 Å². The minimum absolute atomic E-state index is 0.0737. The summed E-state index contributed by atoms with van der Waals surface area (Å²) in [7, 11) is 0. The van der Waals surface area contributed by atoms with Crippen molar-refractivity contribution in [1.82, 2.24) is 4.90 Å². The van der Waals surface area contributed by atoms with Gasteiger partial charge in [0, 0.05) is 24.7 Å². The van der Waals surface area contributed by atoms with Gasteiger partial charge in [-0.05, 0) is 25.0 Å². The van der Waals surface area contributed by atoms with Crippen molar-refractivity contribution in [2.24, 2.45) is 0 Å². The Morgan fingerprint density at radius 2 is 2.14 bits per heavy atom. The Hall–Kier alpha value is -1.38.